The van der Waals surface area contributed by atoms with Gasteiger partial charge in [0.05, 0.1) is 0 Å². The topological polar surface area (TPSA) is 0 Å². The Morgan fingerprint density at radius 1 is 0.724 bits per heavy atom. The highest BCUT2D eigenvalue weighted by atomic mass is 35.5. The first kappa shape index (κ1) is 17.5. The SMILES string of the molecule is CC1(C)c2cc3c(cc2-c2c(Cl)cccc21)C(C)(C)c1c-3ccc2c1=CCCC=2. The Balaban J connectivity index is 1.72. The van der Waals surface area contributed by atoms with Crippen molar-refractivity contribution in [1.82, 2.24) is 0 Å². The van der Waals surface area contributed by atoms with Gasteiger partial charge in [0.25, 0.3) is 0 Å². The number of rotatable bonds is 0. The zero-order valence-corrected chi connectivity index (χ0v) is 18.2. The number of benzene rings is 3. The van der Waals surface area contributed by atoms with Crippen molar-refractivity contribution < 1.29 is 0 Å². The Bertz CT molecular complexity index is 1350. The predicted molar refractivity (Wildman–Crippen MR) is 124 cm³/mol. The van der Waals surface area contributed by atoms with Gasteiger partial charge in [-0.15, -0.1) is 0 Å². The van der Waals surface area contributed by atoms with Crippen molar-refractivity contribution >= 4 is 23.8 Å². The molecular formula is C28H25Cl. The van der Waals surface area contributed by atoms with Gasteiger partial charge in [0.15, 0.2) is 0 Å². The smallest absolute Gasteiger partial charge is 0.0487 e. The van der Waals surface area contributed by atoms with Crippen LogP contribution in [0.4, 0.5) is 0 Å². The van der Waals surface area contributed by atoms with Crippen LogP contribution in [-0.4, -0.2) is 0 Å². The first-order valence-corrected chi connectivity index (χ1v) is 11.0. The number of hydrogen-bond acceptors (Lipinski definition) is 0. The predicted octanol–water partition coefficient (Wildman–Crippen LogP) is 6.31. The summed E-state index contributed by atoms with van der Waals surface area (Å²) in [5.41, 5.74) is 11.0. The van der Waals surface area contributed by atoms with Crippen molar-refractivity contribution in [2.24, 2.45) is 0 Å². The highest BCUT2D eigenvalue weighted by Crippen LogP contribution is 2.56. The molecule has 3 aromatic rings. The summed E-state index contributed by atoms with van der Waals surface area (Å²) < 4.78 is 0. The largest absolute Gasteiger partial charge is 0.0837 e. The van der Waals surface area contributed by atoms with E-state index >= 15 is 0 Å². The van der Waals surface area contributed by atoms with Crippen LogP contribution in [0.2, 0.25) is 5.02 Å². The lowest BCUT2D eigenvalue weighted by Gasteiger charge is -2.24. The second kappa shape index (κ2) is 5.43. The first-order chi connectivity index (χ1) is 13.8. The summed E-state index contributed by atoms with van der Waals surface area (Å²) in [6.45, 7) is 9.44. The van der Waals surface area contributed by atoms with E-state index < -0.39 is 0 Å². The second-order valence-electron chi connectivity index (χ2n) is 9.83. The molecule has 0 spiro atoms. The van der Waals surface area contributed by atoms with Gasteiger partial charge < -0.3 is 0 Å². The lowest BCUT2D eigenvalue weighted by molar-refractivity contribution is 0.648. The summed E-state index contributed by atoms with van der Waals surface area (Å²) in [5.74, 6) is 0. The molecule has 0 atom stereocenters. The summed E-state index contributed by atoms with van der Waals surface area (Å²) >= 11 is 6.72. The Hall–Kier alpha value is -2.31. The maximum atomic E-state index is 6.72. The summed E-state index contributed by atoms with van der Waals surface area (Å²) in [6.07, 6.45) is 7.14. The van der Waals surface area contributed by atoms with Crippen LogP contribution in [0, 0.1) is 0 Å². The average molecular weight is 397 g/mol. The molecule has 0 heterocycles. The van der Waals surface area contributed by atoms with Crippen LogP contribution < -0.4 is 10.4 Å². The normalized spacial score (nSPS) is 18.7. The molecule has 0 aliphatic heterocycles. The Morgan fingerprint density at radius 3 is 2.28 bits per heavy atom. The van der Waals surface area contributed by atoms with Crippen LogP contribution in [0.1, 0.15) is 62.8 Å². The lowest BCUT2D eigenvalue weighted by Crippen LogP contribution is -2.35. The molecule has 144 valence electrons. The summed E-state index contributed by atoms with van der Waals surface area (Å²) in [7, 11) is 0. The minimum atomic E-state index is -0.0361. The van der Waals surface area contributed by atoms with Crippen LogP contribution in [-0.2, 0) is 10.8 Å². The van der Waals surface area contributed by atoms with Crippen LogP contribution in [0.3, 0.4) is 0 Å². The fourth-order valence-electron chi connectivity index (χ4n) is 6.06. The maximum absolute atomic E-state index is 6.72. The standard InChI is InChI=1S/C28H25Cl/c1-27(2)21-10-7-11-24(29)25(21)20-15-22-19(14-23(20)27)18-13-12-16-8-5-6-9-17(16)26(18)28(22,3)4/h7-15H,5-6H2,1-4H3. The van der Waals surface area contributed by atoms with Gasteiger partial charge in [0.2, 0.25) is 0 Å². The maximum Gasteiger partial charge on any atom is 0.0487 e. The Kier molecular flexibility index (Phi) is 3.29. The number of halogens is 1. The molecule has 0 N–H and O–H groups in total. The highest BCUT2D eigenvalue weighted by Gasteiger charge is 2.42. The molecule has 3 aliphatic rings. The average Bonchev–Trinajstić information content (AvgIpc) is 3.07. The van der Waals surface area contributed by atoms with Gasteiger partial charge in [0, 0.05) is 21.4 Å². The van der Waals surface area contributed by atoms with E-state index in [0.29, 0.717) is 0 Å². The van der Waals surface area contributed by atoms with Gasteiger partial charge in [-0.3, -0.25) is 0 Å². The van der Waals surface area contributed by atoms with Crippen LogP contribution >= 0.6 is 11.6 Å². The van der Waals surface area contributed by atoms with E-state index in [4.69, 9.17) is 11.6 Å². The molecule has 6 rings (SSSR count). The molecule has 3 aliphatic carbocycles. The first-order valence-electron chi connectivity index (χ1n) is 10.6. The van der Waals surface area contributed by atoms with Crippen LogP contribution in [0.5, 0.6) is 0 Å². The van der Waals surface area contributed by atoms with E-state index in [0.717, 1.165) is 17.9 Å². The van der Waals surface area contributed by atoms with E-state index in [1.54, 1.807) is 0 Å². The third-order valence-electron chi connectivity index (χ3n) is 7.53. The third kappa shape index (κ3) is 2.06. The molecule has 0 radical (unpaired) electrons. The highest BCUT2D eigenvalue weighted by molar-refractivity contribution is 6.34. The molecule has 0 fully saturated rings. The number of hydrogen-bond donors (Lipinski definition) is 0. The van der Waals surface area contributed by atoms with Gasteiger partial charge in [-0.2, -0.15) is 0 Å². The Labute approximate surface area is 177 Å². The van der Waals surface area contributed by atoms with E-state index in [1.807, 2.05) is 6.07 Å². The fraction of sp³-hybridized carbons (Fsp3) is 0.286. The van der Waals surface area contributed by atoms with Gasteiger partial charge in [-0.1, -0.05) is 75.7 Å². The minimum Gasteiger partial charge on any atom is -0.0837 e. The summed E-state index contributed by atoms with van der Waals surface area (Å²) in [4.78, 5) is 0. The van der Waals surface area contributed by atoms with Crippen molar-refractivity contribution in [3.63, 3.8) is 0 Å². The van der Waals surface area contributed by atoms with Crippen molar-refractivity contribution in [2.75, 3.05) is 0 Å². The molecule has 0 aromatic heterocycles. The van der Waals surface area contributed by atoms with Crippen molar-refractivity contribution in [2.45, 2.75) is 51.4 Å². The molecule has 0 amide bonds. The minimum absolute atomic E-state index is 0.0130. The second-order valence-corrected chi connectivity index (χ2v) is 10.2. The zero-order valence-electron chi connectivity index (χ0n) is 17.5. The molecule has 0 saturated heterocycles. The molecule has 29 heavy (non-hydrogen) atoms. The monoisotopic (exact) mass is 396 g/mol. The van der Waals surface area contributed by atoms with Crippen molar-refractivity contribution in [1.29, 1.82) is 0 Å². The van der Waals surface area contributed by atoms with E-state index in [1.165, 1.54) is 54.9 Å². The zero-order chi connectivity index (χ0) is 20.1. The Morgan fingerprint density at radius 2 is 1.45 bits per heavy atom. The quantitative estimate of drug-likeness (QED) is 0.417. The lowest BCUT2D eigenvalue weighted by atomic mass is 9.78. The number of fused-ring (bicyclic) bond motifs is 8. The van der Waals surface area contributed by atoms with Gasteiger partial charge in [0.1, 0.15) is 0 Å². The van der Waals surface area contributed by atoms with Crippen LogP contribution in [0.15, 0.2) is 42.5 Å². The molecule has 3 aromatic carbocycles. The molecule has 0 saturated carbocycles. The molecule has 1 heteroatoms. The fourth-order valence-corrected chi connectivity index (χ4v) is 6.34. The van der Waals surface area contributed by atoms with Gasteiger partial charge in [-0.05, 0) is 80.4 Å². The third-order valence-corrected chi connectivity index (χ3v) is 7.85. The molecule has 0 nitrogen and oxygen atoms in total. The summed E-state index contributed by atoms with van der Waals surface area (Å²) in [5, 5.41) is 3.72. The van der Waals surface area contributed by atoms with E-state index in [9.17, 15) is 0 Å². The van der Waals surface area contributed by atoms with Gasteiger partial charge >= 0.3 is 0 Å². The van der Waals surface area contributed by atoms with Crippen LogP contribution in [0.25, 0.3) is 34.4 Å². The molecule has 0 bridgehead atoms. The van der Waals surface area contributed by atoms with Crippen molar-refractivity contribution in [3.05, 3.63) is 80.2 Å². The summed E-state index contributed by atoms with van der Waals surface area (Å²) in [6, 6.07) is 15.9. The molecule has 0 unspecified atom stereocenters. The molecular weight excluding hydrogens is 372 g/mol. The van der Waals surface area contributed by atoms with E-state index in [-0.39, 0.29) is 10.8 Å². The van der Waals surface area contributed by atoms with Crippen molar-refractivity contribution in [3.8, 4) is 22.3 Å². The van der Waals surface area contributed by atoms with E-state index in [2.05, 4.69) is 76.2 Å². The van der Waals surface area contributed by atoms with Gasteiger partial charge in [-0.25, -0.2) is 0 Å².